The van der Waals surface area contributed by atoms with Crippen LogP contribution in [0.3, 0.4) is 0 Å². The summed E-state index contributed by atoms with van der Waals surface area (Å²) in [5.41, 5.74) is 2.11. The molecule has 11 nitrogen and oxygen atoms in total. The number of hydrogen-bond donors (Lipinski definition) is 5. The van der Waals surface area contributed by atoms with Crippen LogP contribution in [0.15, 0.2) is 70.9 Å². The minimum absolute atomic E-state index is 0.217. The predicted octanol–water partition coefficient (Wildman–Crippen LogP) is 1.50. The third kappa shape index (κ3) is 8.57. The van der Waals surface area contributed by atoms with E-state index >= 15 is 0 Å². The third-order valence-electron chi connectivity index (χ3n) is 6.58. The van der Waals surface area contributed by atoms with Gasteiger partial charge in [0.05, 0.1) is 25.2 Å². The van der Waals surface area contributed by atoms with E-state index in [1.807, 2.05) is 24.3 Å². The first-order chi connectivity index (χ1) is 20.0. The van der Waals surface area contributed by atoms with Gasteiger partial charge in [0.15, 0.2) is 0 Å². The van der Waals surface area contributed by atoms with Crippen molar-refractivity contribution in [3.63, 3.8) is 0 Å². The average molecular weight is 644 g/mol. The van der Waals surface area contributed by atoms with Crippen molar-refractivity contribution in [2.45, 2.75) is 48.3 Å². The SMILES string of the molecule is COC(=O)[C@H](c1ccccc1Cl)N1CCc2sccc2C1.O=S(=O)(O[C@@H]([C@H](O)[C@H](O)CO)[C@H](O)CO)c1ccccc1. The molecular weight excluding hydrogens is 610 g/mol. The van der Waals surface area contributed by atoms with E-state index in [0.29, 0.717) is 5.02 Å². The normalized spacial score (nSPS) is 17.1. The Morgan fingerprint density at radius 3 is 2.26 bits per heavy atom. The summed E-state index contributed by atoms with van der Waals surface area (Å²) in [4.78, 5) is 15.6. The molecule has 0 amide bonds. The minimum Gasteiger partial charge on any atom is -0.468 e. The molecule has 0 radical (unpaired) electrons. The van der Waals surface area contributed by atoms with Gasteiger partial charge in [0.2, 0.25) is 0 Å². The molecule has 0 spiro atoms. The van der Waals surface area contributed by atoms with E-state index < -0.39 is 53.8 Å². The van der Waals surface area contributed by atoms with Gasteiger partial charge in [0, 0.05) is 23.0 Å². The summed E-state index contributed by atoms with van der Waals surface area (Å²) in [7, 11) is -2.90. The Morgan fingerprint density at radius 2 is 1.64 bits per heavy atom. The van der Waals surface area contributed by atoms with E-state index in [0.717, 1.165) is 25.1 Å². The van der Waals surface area contributed by atoms with Gasteiger partial charge in [0.25, 0.3) is 10.1 Å². The molecule has 1 aliphatic heterocycles. The van der Waals surface area contributed by atoms with Crippen molar-refractivity contribution >= 4 is 39.0 Å². The lowest BCUT2D eigenvalue weighted by Gasteiger charge is -2.33. The summed E-state index contributed by atoms with van der Waals surface area (Å²) in [6.45, 7) is -0.183. The third-order valence-corrected chi connectivity index (χ3v) is 9.27. The molecule has 2 aromatic carbocycles. The molecule has 5 N–H and O–H groups in total. The highest BCUT2D eigenvalue weighted by Crippen LogP contribution is 2.34. The van der Waals surface area contributed by atoms with E-state index in [9.17, 15) is 28.5 Å². The Hall–Kier alpha value is -2.43. The fraction of sp³-hybridized carbons (Fsp3) is 0.393. The van der Waals surface area contributed by atoms with Crippen LogP contribution in [-0.4, -0.2) is 96.1 Å². The van der Waals surface area contributed by atoms with Gasteiger partial charge >= 0.3 is 5.97 Å². The second kappa shape index (κ2) is 15.9. The van der Waals surface area contributed by atoms with Crippen LogP contribution in [-0.2, 0) is 36.8 Å². The molecule has 1 aromatic heterocycles. The number of ether oxygens (including phenoxy) is 1. The first kappa shape index (κ1) is 34.1. The Kier molecular flexibility index (Phi) is 12.9. The van der Waals surface area contributed by atoms with Gasteiger partial charge in [-0.1, -0.05) is 48.0 Å². The number of rotatable bonds is 11. The standard InChI is InChI=1S/C16H16ClNO2S.C12H18O8S/c1-20-16(19)15(12-4-2-3-5-13(12)17)18-8-6-14-11(10-18)7-9-21-14;13-6-9(15)11(17)12(10(16)7-14)20-21(18,19)8-4-2-1-3-5-8/h2-5,7,9,15H,6,8,10H2,1H3;1-5,9-17H,6-7H2/t15-;9-,10-,11-,12-/m01/s1. The highest BCUT2D eigenvalue weighted by Gasteiger charge is 2.37. The second-order valence-electron chi connectivity index (χ2n) is 9.36. The van der Waals surface area contributed by atoms with E-state index in [4.69, 9.17) is 30.7 Å². The molecule has 0 unspecified atom stereocenters. The lowest BCUT2D eigenvalue weighted by atomic mass is 10.0. The topological polar surface area (TPSA) is 174 Å². The molecular formula is C28H34ClNO10S2. The van der Waals surface area contributed by atoms with Gasteiger partial charge in [-0.25, -0.2) is 4.79 Å². The molecule has 5 atom stereocenters. The van der Waals surface area contributed by atoms with Crippen molar-refractivity contribution in [2.75, 3.05) is 26.9 Å². The number of carbonyl (C=O) groups is 1. The second-order valence-corrected chi connectivity index (χ2v) is 12.3. The smallest absolute Gasteiger partial charge is 0.327 e. The molecule has 2 heterocycles. The highest BCUT2D eigenvalue weighted by atomic mass is 35.5. The lowest BCUT2D eigenvalue weighted by Crippen LogP contribution is -2.49. The van der Waals surface area contributed by atoms with E-state index in [1.54, 1.807) is 17.4 Å². The Bertz CT molecular complexity index is 1390. The Morgan fingerprint density at radius 1 is 1.00 bits per heavy atom. The molecule has 3 aromatic rings. The molecule has 0 aliphatic carbocycles. The van der Waals surface area contributed by atoms with Crippen LogP contribution < -0.4 is 0 Å². The summed E-state index contributed by atoms with van der Waals surface area (Å²) in [5.74, 6) is -0.262. The molecule has 0 bridgehead atoms. The molecule has 0 fully saturated rings. The summed E-state index contributed by atoms with van der Waals surface area (Å²) in [6, 6.07) is 16.1. The molecule has 4 rings (SSSR count). The number of aliphatic hydroxyl groups excluding tert-OH is 5. The fourth-order valence-corrected chi connectivity index (χ4v) is 6.61. The van der Waals surface area contributed by atoms with Crippen molar-refractivity contribution in [3.8, 4) is 0 Å². The van der Waals surface area contributed by atoms with E-state index in [-0.39, 0.29) is 10.9 Å². The minimum atomic E-state index is -4.33. The van der Waals surface area contributed by atoms with Crippen LogP contribution in [0, 0.1) is 0 Å². The first-order valence-corrected chi connectivity index (χ1v) is 15.6. The Balaban J connectivity index is 0.000000230. The van der Waals surface area contributed by atoms with Crippen molar-refractivity contribution in [1.82, 2.24) is 4.90 Å². The predicted molar refractivity (Wildman–Crippen MR) is 155 cm³/mol. The largest absolute Gasteiger partial charge is 0.468 e. The molecule has 42 heavy (non-hydrogen) atoms. The van der Waals surface area contributed by atoms with E-state index in [2.05, 4.69) is 16.3 Å². The Labute approximate surface area is 253 Å². The zero-order valence-corrected chi connectivity index (χ0v) is 25.1. The summed E-state index contributed by atoms with van der Waals surface area (Å²) < 4.78 is 33.7. The molecule has 230 valence electrons. The highest BCUT2D eigenvalue weighted by molar-refractivity contribution is 7.86. The van der Waals surface area contributed by atoms with Gasteiger partial charge in [-0.3, -0.25) is 9.08 Å². The van der Waals surface area contributed by atoms with Gasteiger partial charge in [-0.15, -0.1) is 11.3 Å². The summed E-state index contributed by atoms with van der Waals surface area (Å²) in [5, 5.41) is 49.0. The molecule has 1 aliphatic rings. The van der Waals surface area contributed by atoms with E-state index in [1.165, 1.54) is 41.8 Å². The zero-order chi connectivity index (χ0) is 30.9. The van der Waals surface area contributed by atoms with Gasteiger partial charge in [-0.05, 0) is 47.2 Å². The maximum absolute atomic E-state index is 12.3. The van der Waals surface area contributed by atoms with Gasteiger partial charge in [0.1, 0.15) is 30.5 Å². The summed E-state index contributed by atoms with van der Waals surface area (Å²) >= 11 is 8.07. The van der Waals surface area contributed by atoms with Crippen molar-refractivity contribution < 1.29 is 47.7 Å². The van der Waals surface area contributed by atoms with Crippen molar-refractivity contribution in [1.29, 1.82) is 0 Å². The number of carbonyl (C=O) groups excluding carboxylic acids is 1. The van der Waals surface area contributed by atoms with Crippen LogP contribution in [0.1, 0.15) is 22.0 Å². The van der Waals surface area contributed by atoms with Crippen molar-refractivity contribution in [2.24, 2.45) is 0 Å². The quantitative estimate of drug-likeness (QED) is 0.151. The maximum atomic E-state index is 12.3. The van der Waals surface area contributed by atoms with Crippen LogP contribution in [0.2, 0.25) is 5.02 Å². The lowest BCUT2D eigenvalue weighted by molar-refractivity contribution is -0.147. The number of methoxy groups -OCH3 is 1. The van der Waals surface area contributed by atoms with Gasteiger partial charge in [-0.2, -0.15) is 8.42 Å². The van der Waals surface area contributed by atoms with Crippen LogP contribution in [0.5, 0.6) is 0 Å². The maximum Gasteiger partial charge on any atom is 0.327 e. The number of thiophene rings is 1. The number of halogens is 1. The van der Waals surface area contributed by atoms with Crippen LogP contribution in [0.25, 0.3) is 0 Å². The molecule has 14 heteroatoms. The number of aliphatic hydroxyl groups is 5. The average Bonchev–Trinajstić information content (AvgIpc) is 3.48. The monoisotopic (exact) mass is 643 g/mol. The molecule has 0 saturated carbocycles. The number of nitrogens with zero attached hydrogens (tertiary/aromatic N) is 1. The zero-order valence-electron chi connectivity index (χ0n) is 22.7. The number of hydrogen-bond acceptors (Lipinski definition) is 12. The van der Waals surface area contributed by atoms with Crippen LogP contribution in [0.4, 0.5) is 0 Å². The number of esters is 1. The summed E-state index contributed by atoms with van der Waals surface area (Å²) in [6.07, 6.45) is -6.27. The number of fused-ring (bicyclic) bond motifs is 1. The van der Waals surface area contributed by atoms with Crippen LogP contribution >= 0.6 is 22.9 Å². The fourth-order valence-electron chi connectivity index (χ4n) is 4.34. The van der Waals surface area contributed by atoms with Crippen molar-refractivity contribution in [3.05, 3.63) is 87.1 Å². The van der Waals surface area contributed by atoms with Gasteiger partial charge < -0.3 is 30.3 Å². The first-order valence-electron chi connectivity index (χ1n) is 12.9. The molecule has 0 saturated heterocycles. The number of benzene rings is 2.